The molecular weight excluding hydrogens is 314 g/mol. The van der Waals surface area contributed by atoms with Crippen molar-refractivity contribution in [2.75, 3.05) is 19.6 Å². The van der Waals surface area contributed by atoms with Crippen molar-refractivity contribution in [1.29, 1.82) is 0 Å². The van der Waals surface area contributed by atoms with E-state index in [1.165, 1.54) is 0 Å². The molecule has 1 amide bonds. The average molecular weight is 334 g/mol. The number of carbonyl (C=O) groups excluding carboxylic acids is 1. The van der Waals surface area contributed by atoms with Crippen molar-refractivity contribution in [1.82, 2.24) is 25.2 Å². The van der Waals surface area contributed by atoms with Crippen LogP contribution in [0.2, 0.25) is 5.02 Å². The number of hydrogen-bond acceptors (Lipinski definition) is 4. The minimum atomic E-state index is -0.0523. The number of carbonyl (C=O) groups is 1. The van der Waals surface area contributed by atoms with Gasteiger partial charge in [0.1, 0.15) is 0 Å². The normalized spacial score (nSPS) is 18.2. The van der Waals surface area contributed by atoms with Crippen molar-refractivity contribution < 1.29 is 4.79 Å². The SMILES string of the molecule is CCc1c(C(=O)N2CCN[C@@H](C)C2)nnn1-c1cccc(Cl)c1. The van der Waals surface area contributed by atoms with Crippen LogP contribution in [0.5, 0.6) is 0 Å². The molecule has 3 rings (SSSR count). The summed E-state index contributed by atoms with van der Waals surface area (Å²) in [5.41, 5.74) is 2.06. The van der Waals surface area contributed by atoms with Crippen LogP contribution in [0.1, 0.15) is 30.0 Å². The predicted molar refractivity (Wildman–Crippen MR) is 89.1 cm³/mol. The number of benzene rings is 1. The summed E-state index contributed by atoms with van der Waals surface area (Å²) >= 11 is 6.05. The van der Waals surface area contributed by atoms with Gasteiger partial charge in [-0.15, -0.1) is 5.10 Å². The lowest BCUT2D eigenvalue weighted by molar-refractivity contribution is 0.0702. The molecule has 0 radical (unpaired) electrons. The topological polar surface area (TPSA) is 63.1 Å². The third-order valence-electron chi connectivity index (χ3n) is 4.01. The molecule has 1 saturated heterocycles. The molecule has 1 N–H and O–H groups in total. The zero-order valence-electron chi connectivity index (χ0n) is 13.3. The van der Waals surface area contributed by atoms with Crippen LogP contribution < -0.4 is 5.32 Å². The van der Waals surface area contributed by atoms with Crippen LogP contribution in [0, 0.1) is 0 Å². The fraction of sp³-hybridized carbons (Fsp3) is 0.438. The molecule has 1 atom stereocenters. The van der Waals surface area contributed by atoms with Gasteiger partial charge in [0.15, 0.2) is 5.69 Å². The Morgan fingerprint density at radius 3 is 3.00 bits per heavy atom. The third-order valence-corrected chi connectivity index (χ3v) is 4.24. The summed E-state index contributed by atoms with van der Waals surface area (Å²) in [6.07, 6.45) is 0.669. The van der Waals surface area contributed by atoms with E-state index in [1.807, 2.05) is 36.1 Å². The second-order valence-electron chi connectivity index (χ2n) is 5.74. The molecule has 1 aromatic carbocycles. The first kappa shape index (κ1) is 16.0. The van der Waals surface area contributed by atoms with Gasteiger partial charge in [0, 0.05) is 30.7 Å². The molecule has 2 heterocycles. The Hall–Kier alpha value is -1.92. The Morgan fingerprint density at radius 1 is 1.48 bits per heavy atom. The van der Waals surface area contributed by atoms with E-state index in [1.54, 1.807) is 4.68 Å². The van der Waals surface area contributed by atoms with Gasteiger partial charge in [0.2, 0.25) is 0 Å². The van der Waals surface area contributed by atoms with E-state index >= 15 is 0 Å². The summed E-state index contributed by atoms with van der Waals surface area (Å²) in [5, 5.41) is 12.3. The van der Waals surface area contributed by atoms with Crippen molar-refractivity contribution in [3.05, 3.63) is 40.7 Å². The highest BCUT2D eigenvalue weighted by Gasteiger charge is 2.27. The molecule has 1 aromatic heterocycles. The van der Waals surface area contributed by atoms with E-state index in [9.17, 15) is 4.79 Å². The molecule has 1 fully saturated rings. The summed E-state index contributed by atoms with van der Waals surface area (Å²) in [6.45, 7) is 6.25. The summed E-state index contributed by atoms with van der Waals surface area (Å²) in [6, 6.07) is 7.68. The van der Waals surface area contributed by atoms with E-state index in [-0.39, 0.29) is 5.91 Å². The van der Waals surface area contributed by atoms with Crippen molar-refractivity contribution in [2.24, 2.45) is 0 Å². The highest BCUT2D eigenvalue weighted by molar-refractivity contribution is 6.30. The Morgan fingerprint density at radius 2 is 2.30 bits per heavy atom. The van der Waals surface area contributed by atoms with Crippen molar-refractivity contribution >= 4 is 17.5 Å². The Kier molecular flexibility index (Phi) is 4.63. The molecule has 23 heavy (non-hydrogen) atoms. The number of piperazine rings is 1. The van der Waals surface area contributed by atoms with Crippen molar-refractivity contribution in [3.63, 3.8) is 0 Å². The van der Waals surface area contributed by atoms with Crippen LogP contribution in [0.4, 0.5) is 0 Å². The molecule has 0 aliphatic carbocycles. The first-order valence-electron chi connectivity index (χ1n) is 7.83. The lowest BCUT2D eigenvalue weighted by atomic mass is 10.2. The zero-order chi connectivity index (χ0) is 16.4. The minimum Gasteiger partial charge on any atom is -0.334 e. The third kappa shape index (κ3) is 3.23. The fourth-order valence-electron chi connectivity index (χ4n) is 2.87. The Balaban J connectivity index is 1.93. The maximum atomic E-state index is 12.8. The molecule has 1 aliphatic heterocycles. The second-order valence-corrected chi connectivity index (χ2v) is 6.17. The molecular formula is C16H20ClN5O. The summed E-state index contributed by atoms with van der Waals surface area (Å²) in [4.78, 5) is 14.6. The molecule has 0 unspecified atom stereocenters. The first-order chi connectivity index (χ1) is 11.1. The number of hydrogen-bond donors (Lipinski definition) is 1. The van der Waals surface area contributed by atoms with E-state index in [0.29, 0.717) is 36.3 Å². The van der Waals surface area contributed by atoms with Gasteiger partial charge in [-0.05, 0) is 31.5 Å². The monoisotopic (exact) mass is 333 g/mol. The maximum Gasteiger partial charge on any atom is 0.276 e. The van der Waals surface area contributed by atoms with Gasteiger partial charge in [0.25, 0.3) is 5.91 Å². The molecule has 7 heteroatoms. The highest BCUT2D eigenvalue weighted by Crippen LogP contribution is 2.19. The van der Waals surface area contributed by atoms with E-state index < -0.39 is 0 Å². The second kappa shape index (κ2) is 6.68. The van der Waals surface area contributed by atoms with Gasteiger partial charge in [-0.25, -0.2) is 4.68 Å². The summed E-state index contributed by atoms with van der Waals surface area (Å²) in [7, 11) is 0. The average Bonchev–Trinajstić information content (AvgIpc) is 2.98. The van der Waals surface area contributed by atoms with Crippen LogP contribution in [0.25, 0.3) is 5.69 Å². The number of halogens is 1. The molecule has 122 valence electrons. The Bertz CT molecular complexity index is 714. The van der Waals surface area contributed by atoms with Crippen LogP contribution in [0.3, 0.4) is 0 Å². The lowest BCUT2D eigenvalue weighted by Gasteiger charge is -2.31. The molecule has 2 aromatic rings. The smallest absolute Gasteiger partial charge is 0.276 e. The molecule has 0 spiro atoms. The number of nitrogens with one attached hydrogen (secondary N) is 1. The highest BCUT2D eigenvalue weighted by atomic mass is 35.5. The number of rotatable bonds is 3. The molecule has 0 saturated carbocycles. The Labute approximate surface area is 140 Å². The zero-order valence-corrected chi connectivity index (χ0v) is 14.0. The van der Waals surface area contributed by atoms with Crippen molar-refractivity contribution in [3.8, 4) is 5.69 Å². The maximum absolute atomic E-state index is 12.8. The number of nitrogens with zero attached hydrogens (tertiary/aromatic N) is 4. The van der Waals surface area contributed by atoms with Gasteiger partial charge in [-0.1, -0.05) is 29.8 Å². The predicted octanol–water partition coefficient (Wildman–Crippen LogP) is 1.92. The van der Waals surface area contributed by atoms with E-state index in [2.05, 4.69) is 22.6 Å². The summed E-state index contributed by atoms with van der Waals surface area (Å²) < 4.78 is 1.70. The first-order valence-corrected chi connectivity index (χ1v) is 8.21. The van der Waals surface area contributed by atoms with Gasteiger partial charge in [-0.2, -0.15) is 0 Å². The minimum absolute atomic E-state index is 0.0523. The number of amides is 1. The van der Waals surface area contributed by atoms with Gasteiger partial charge in [-0.3, -0.25) is 4.79 Å². The van der Waals surface area contributed by atoms with Crippen LogP contribution in [-0.2, 0) is 6.42 Å². The quantitative estimate of drug-likeness (QED) is 0.932. The van der Waals surface area contributed by atoms with E-state index in [0.717, 1.165) is 17.9 Å². The molecule has 1 aliphatic rings. The standard InChI is InChI=1S/C16H20ClN5O/c1-3-14-15(16(23)21-8-7-18-11(2)10-21)19-20-22(14)13-6-4-5-12(17)9-13/h4-6,9,11,18H,3,7-8,10H2,1-2H3/t11-/m0/s1. The van der Waals surface area contributed by atoms with Gasteiger partial charge < -0.3 is 10.2 Å². The lowest BCUT2D eigenvalue weighted by Crippen LogP contribution is -2.51. The van der Waals surface area contributed by atoms with Crippen LogP contribution in [-0.4, -0.2) is 51.5 Å². The van der Waals surface area contributed by atoms with Crippen LogP contribution in [0.15, 0.2) is 24.3 Å². The van der Waals surface area contributed by atoms with Crippen LogP contribution >= 0.6 is 11.6 Å². The van der Waals surface area contributed by atoms with Crippen molar-refractivity contribution in [2.45, 2.75) is 26.3 Å². The molecule has 0 bridgehead atoms. The fourth-order valence-corrected chi connectivity index (χ4v) is 3.05. The summed E-state index contributed by atoms with van der Waals surface area (Å²) in [5.74, 6) is -0.0523. The van der Waals surface area contributed by atoms with Gasteiger partial charge >= 0.3 is 0 Å². The largest absolute Gasteiger partial charge is 0.334 e. The van der Waals surface area contributed by atoms with E-state index in [4.69, 9.17) is 11.6 Å². The molecule has 6 nitrogen and oxygen atoms in total. The number of aromatic nitrogens is 3. The van der Waals surface area contributed by atoms with Gasteiger partial charge in [0.05, 0.1) is 11.4 Å².